The molecular formula is C15H20ClN3OS. The van der Waals surface area contributed by atoms with Crippen LogP contribution in [-0.4, -0.2) is 27.2 Å². The molecule has 0 saturated heterocycles. The fourth-order valence-electron chi connectivity index (χ4n) is 1.99. The molecule has 0 amide bonds. The maximum atomic E-state index is 8.77. The van der Waals surface area contributed by atoms with Gasteiger partial charge in [-0.15, -0.1) is 11.8 Å². The van der Waals surface area contributed by atoms with Gasteiger partial charge in [0.15, 0.2) is 0 Å². The molecule has 0 radical (unpaired) electrons. The molecular weight excluding hydrogens is 306 g/mol. The van der Waals surface area contributed by atoms with Gasteiger partial charge in [-0.05, 0) is 37.6 Å². The van der Waals surface area contributed by atoms with Crippen LogP contribution in [0.5, 0.6) is 0 Å². The number of nitrogens with zero attached hydrogens (tertiary/aromatic N) is 2. The van der Waals surface area contributed by atoms with Crippen LogP contribution >= 0.6 is 23.4 Å². The molecule has 0 aliphatic heterocycles. The zero-order valence-electron chi connectivity index (χ0n) is 12.3. The van der Waals surface area contributed by atoms with E-state index in [1.807, 2.05) is 14.0 Å². The smallest absolute Gasteiger partial charge is 0.131 e. The van der Waals surface area contributed by atoms with Gasteiger partial charge < -0.3 is 10.4 Å². The zero-order chi connectivity index (χ0) is 15.2. The van der Waals surface area contributed by atoms with E-state index in [2.05, 4.69) is 34.7 Å². The molecule has 4 nitrogen and oxygen atoms in total. The highest BCUT2D eigenvalue weighted by molar-refractivity contribution is 7.99. The third kappa shape index (κ3) is 4.40. The minimum atomic E-state index is 0.248. The van der Waals surface area contributed by atoms with E-state index in [9.17, 15) is 0 Å². The molecule has 0 unspecified atom stereocenters. The van der Waals surface area contributed by atoms with Gasteiger partial charge in [-0.1, -0.05) is 11.6 Å². The van der Waals surface area contributed by atoms with Gasteiger partial charge in [-0.3, -0.25) is 4.68 Å². The molecule has 114 valence electrons. The van der Waals surface area contributed by atoms with Crippen LogP contribution < -0.4 is 5.32 Å². The second kappa shape index (κ2) is 7.73. The first-order valence-electron chi connectivity index (χ1n) is 6.87. The maximum absolute atomic E-state index is 8.77. The third-order valence-corrected chi connectivity index (χ3v) is 4.74. The highest BCUT2D eigenvalue weighted by Gasteiger charge is 2.10. The molecule has 0 atom stereocenters. The average molecular weight is 326 g/mol. The van der Waals surface area contributed by atoms with Crippen molar-refractivity contribution in [3.05, 3.63) is 40.7 Å². The quantitative estimate of drug-likeness (QED) is 0.604. The van der Waals surface area contributed by atoms with Crippen LogP contribution in [0, 0.1) is 6.92 Å². The normalized spacial score (nSPS) is 10.9. The Bertz CT molecular complexity index is 583. The summed E-state index contributed by atoms with van der Waals surface area (Å²) < 4.78 is 1.69. The summed E-state index contributed by atoms with van der Waals surface area (Å²) in [6.45, 7) is 2.87. The van der Waals surface area contributed by atoms with E-state index < -0.39 is 0 Å². The Morgan fingerprint density at radius 2 is 2.05 bits per heavy atom. The molecule has 1 aromatic carbocycles. The maximum Gasteiger partial charge on any atom is 0.131 e. The number of halogens is 1. The van der Waals surface area contributed by atoms with Crippen molar-refractivity contribution in [1.82, 2.24) is 9.78 Å². The van der Waals surface area contributed by atoms with Gasteiger partial charge in [0, 0.05) is 42.1 Å². The van der Waals surface area contributed by atoms with Gasteiger partial charge in [-0.25, -0.2) is 0 Å². The molecule has 6 heteroatoms. The first kappa shape index (κ1) is 16.2. The summed E-state index contributed by atoms with van der Waals surface area (Å²) >= 11 is 7.97. The lowest BCUT2D eigenvalue weighted by Crippen LogP contribution is -2.00. The van der Waals surface area contributed by atoms with Crippen LogP contribution in [0.2, 0.25) is 5.15 Å². The monoisotopic (exact) mass is 325 g/mol. The Morgan fingerprint density at radius 1 is 1.33 bits per heavy atom. The molecule has 1 aromatic heterocycles. The molecule has 0 fully saturated rings. The Kier molecular flexibility index (Phi) is 5.96. The third-order valence-electron chi connectivity index (χ3n) is 3.16. The number of nitrogens with one attached hydrogen (secondary N) is 1. The molecule has 0 bridgehead atoms. The number of aromatic nitrogens is 2. The van der Waals surface area contributed by atoms with Crippen LogP contribution in [0.15, 0.2) is 29.2 Å². The summed E-state index contributed by atoms with van der Waals surface area (Å²) in [6, 6.07) is 8.28. The lowest BCUT2D eigenvalue weighted by molar-refractivity contribution is 0.296. The van der Waals surface area contributed by atoms with E-state index in [-0.39, 0.29) is 6.61 Å². The number of rotatable bonds is 7. The van der Waals surface area contributed by atoms with Crippen molar-refractivity contribution >= 4 is 29.1 Å². The zero-order valence-corrected chi connectivity index (χ0v) is 13.8. The van der Waals surface area contributed by atoms with Crippen LogP contribution in [0.4, 0.5) is 5.69 Å². The van der Waals surface area contributed by atoms with Crippen molar-refractivity contribution < 1.29 is 5.11 Å². The topological polar surface area (TPSA) is 50.1 Å². The van der Waals surface area contributed by atoms with Crippen molar-refractivity contribution in [3.63, 3.8) is 0 Å². The highest BCUT2D eigenvalue weighted by atomic mass is 35.5. The molecule has 2 aromatic rings. The van der Waals surface area contributed by atoms with Gasteiger partial charge in [0.25, 0.3) is 0 Å². The van der Waals surface area contributed by atoms with Crippen LogP contribution in [0.3, 0.4) is 0 Å². The standard InChI is InChI=1S/C15H20ClN3OS/c1-11-14(15(16)19(2)18-11)10-17-12-4-6-13(7-5-12)21-9-3-8-20/h4-7,17,20H,3,8-10H2,1-2H3. The molecule has 0 saturated carbocycles. The van der Waals surface area contributed by atoms with Gasteiger partial charge in [0.1, 0.15) is 5.15 Å². The molecule has 21 heavy (non-hydrogen) atoms. The highest BCUT2D eigenvalue weighted by Crippen LogP contribution is 2.23. The predicted molar refractivity (Wildman–Crippen MR) is 89.2 cm³/mol. The minimum absolute atomic E-state index is 0.248. The summed E-state index contributed by atoms with van der Waals surface area (Å²) in [5.41, 5.74) is 3.03. The summed E-state index contributed by atoms with van der Waals surface area (Å²) in [5.74, 6) is 0.938. The molecule has 2 N–H and O–H groups in total. The van der Waals surface area contributed by atoms with Crippen molar-refractivity contribution in [2.24, 2.45) is 7.05 Å². The van der Waals surface area contributed by atoms with E-state index in [1.54, 1.807) is 16.4 Å². The van der Waals surface area contributed by atoms with Crippen molar-refractivity contribution in [1.29, 1.82) is 0 Å². The van der Waals surface area contributed by atoms with E-state index in [1.165, 1.54) is 4.90 Å². The van der Waals surface area contributed by atoms with Crippen LogP contribution in [-0.2, 0) is 13.6 Å². The van der Waals surface area contributed by atoms with Gasteiger partial charge >= 0.3 is 0 Å². The van der Waals surface area contributed by atoms with E-state index >= 15 is 0 Å². The number of benzene rings is 1. The lowest BCUT2D eigenvalue weighted by atomic mass is 10.2. The Labute approximate surface area is 134 Å². The summed E-state index contributed by atoms with van der Waals surface area (Å²) in [7, 11) is 1.84. The largest absolute Gasteiger partial charge is 0.396 e. The fraction of sp³-hybridized carbons (Fsp3) is 0.400. The second-order valence-electron chi connectivity index (χ2n) is 4.78. The first-order valence-corrected chi connectivity index (χ1v) is 8.23. The number of anilines is 1. The van der Waals surface area contributed by atoms with Crippen LogP contribution in [0.1, 0.15) is 17.7 Å². The van der Waals surface area contributed by atoms with Crippen molar-refractivity contribution in [2.75, 3.05) is 17.7 Å². The van der Waals surface area contributed by atoms with Crippen molar-refractivity contribution in [3.8, 4) is 0 Å². The average Bonchev–Trinajstić information content (AvgIpc) is 2.72. The van der Waals surface area contributed by atoms with Gasteiger partial charge in [0.05, 0.1) is 5.69 Å². The summed E-state index contributed by atoms with van der Waals surface area (Å²) in [4.78, 5) is 1.21. The fourth-order valence-corrected chi connectivity index (χ4v) is 3.07. The Hall–Kier alpha value is -1.17. The number of aliphatic hydroxyl groups is 1. The minimum Gasteiger partial charge on any atom is -0.396 e. The van der Waals surface area contributed by atoms with Gasteiger partial charge in [0.2, 0.25) is 0 Å². The van der Waals surface area contributed by atoms with Crippen LogP contribution in [0.25, 0.3) is 0 Å². The lowest BCUT2D eigenvalue weighted by Gasteiger charge is -2.07. The van der Waals surface area contributed by atoms with Crippen molar-refractivity contribution in [2.45, 2.75) is 24.8 Å². The SMILES string of the molecule is Cc1nn(C)c(Cl)c1CNc1ccc(SCCCO)cc1. The van der Waals surface area contributed by atoms with E-state index in [0.29, 0.717) is 11.7 Å². The number of thioether (sulfide) groups is 1. The molecule has 0 spiro atoms. The number of hydrogen-bond donors (Lipinski definition) is 2. The molecule has 0 aliphatic rings. The molecule has 2 rings (SSSR count). The predicted octanol–water partition coefficient (Wildman–Crippen LogP) is 3.47. The number of aryl methyl sites for hydroxylation is 2. The second-order valence-corrected chi connectivity index (χ2v) is 6.31. The Morgan fingerprint density at radius 3 is 2.62 bits per heavy atom. The Balaban J connectivity index is 1.91. The first-order chi connectivity index (χ1) is 10.1. The van der Waals surface area contributed by atoms with E-state index in [4.69, 9.17) is 16.7 Å². The summed E-state index contributed by atoms with van der Waals surface area (Å²) in [6.07, 6.45) is 0.823. The van der Waals surface area contributed by atoms with Gasteiger partial charge in [-0.2, -0.15) is 5.10 Å². The molecule has 0 aliphatic carbocycles. The van der Waals surface area contributed by atoms with E-state index in [0.717, 1.165) is 29.1 Å². The summed E-state index contributed by atoms with van der Waals surface area (Å²) in [5, 5.41) is 17.1. The molecule has 1 heterocycles. The number of hydrogen-bond acceptors (Lipinski definition) is 4. The number of aliphatic hydroxyl groups excluding tert-OH is 1.